The summed E-state index contributed by atoms with van der Waals surface area (Å²) in [4.78, 5) is 30.0. The van der Waals surface area contributed by atoms with Gasteiger partial charge in [-0.2, -0.15) is 0 Å². The molecule has 0 bridgehead atoms. The average Bonchev–Trinajstić information content (AvgIpc) is 3.40. The first-order valence-electron chi connectivity index (χ1n) is 11.4. The fourth-order valence-corrected chi connectivity index (χ4v) is 5.99. The fourth-order valence-electron chi connectivity index (χ4n) is 4.85. The van der Waals surface area contributed by atoms with Gasteiger partial charge in [-0.1, -0.05) is 30.3 Å². The van der Waals surface area contributed by atoms with Crippen molar-refractivity contribution in [1.82, 2.24) is 19.3 Å². The minimum Gasteiger partial charge on any atom is -0.337 e. The molecule has 0 spiro atoms. The fraction of sp³-hybridized carbons (Fsp3) is 0.440. The van der Waals surface area contributed by atoms with Gasteiger partial charge in [-0.25, -0.2) is 9.97 Å². The Morgan fingerprint density at radius 3 is 2.78 bits per heavy atom. The highest BCUT2D eigenvalue weighted by atomic mass is 32.2. The van der Waals surface area contributed by atoms with Gasteiger partial charge >= 0.3 is 0 Å². The first-order chi connectivity index (χ1) is 15.5. The number of piperidine rings is 1. The number of thioether (sulfide) groups is 1. The van der Waals surface area contributed by atoms with Crippen LogP contribution in [0.3, 0.4) is 0 Å². The SMILES string of the molecule is CC1=NC(C(=O)N2CCCC[C@H]2Cc2cn3cnc(C)c(C)c3n2)C(c2ccccc2)S1. The van der Waals surface area contributed by atoms with Gasteiger partial charge in [0.05, 0.1) is 16.0 Å². The molecular weight excluding hydrogens is 418 g/mol. The maximum Gasteiger partial charge on any atom is 0.249 e. The highest BCUT2D eigenvalue weighted by Gasteiger charge is 2.40. The van der Waals surface area contributed by atoms with E-state index in [1.807, 2.05) is 42.8 Å². The van der Waals surface area contributed by atoms with Crippen molar-refractivity contribution < 1.29 is 4.79 Å². The van der Waals surface area contributed by atoms with Crippen LogP contribution < -0.4 is 0 Å². The number of carbonyl (C=O) groups is 1. The second-order valence-corrected chi connectivity index (χ2v) is 10.2. The molecule has 5 rings (SSSR count). The van der Waals surface area contributed by atoms with E-state index in [-0.39, 0.29) is 23.2 Å². The third kappa shape index (κ3) is 3.94. The predicted octanol–water partition coefficient (Wildman–Crippen LogP) is 4.54. The minimum atomic E-state index is -0.349. The van der Waals surface area contributed by atoms with Crippen molar-refractivity contribution in [2.75, 3.05) is 6.54 Å². The molecule has 2 aromatic heterocycles. The number of likely N-dealkylation sites (tertiary alicyclic amines) is 1. The van der Waals surface area contributed by atoms with Gasteiger partial charge in [-0.15, -0.1) is 11.8 Å². The highest BCUT2D eigenvalue weighted by Crippen LogP contribution is 2.41. The van der Waals surface area contributed by atoms with E-state index in [2.05, 4.69) is 35.1 Å². The lowest BCUT2D eigenvalue weighted by Crippen LogP contribution is -2.49. The van der Waals surface area contributed by atoms with Crippen molar-refractivity contribution >= 4 is 28.4 Å². The Bertz CT molecular complexity index is 1170. The molecule has 2 aliphatic rings. The number of aliphatic imine (C=N–C) groups is 1. The Labute approximate surface area is 193 Å². The van der Waals surface area contributed by atoms with E-state index in [1.165, 1.54) is 5.56 Å². The second-order valence-electron chi connectivity index (χ2n) is 8.85. The van der Waals surface area contributed by atoms with Crippen molar-refractivity contribution in [2.24, 2.45) is 4.99 Å². The van der Waals surface area contributed by atoms with E-state index in [0.717, 1.165) is 59.9 Å². The van der Waals surface area contributed by atoms with Crippen molar-refractivity contribution in [3.8, 4) is 0 Å². The van der Waals surface area contributed by atoms with Crippen molar-refractivity contribution in [2.45, 2.75) is 63.8 Å². The molecule has 1 aromatic carbocycles. The molecule has 1 saturated heterocycles. The first-order valence-corrected chi connectivity index (χ1v) is 12.3. The zero-order valence-electron chi connectivity index (χ0n) is 18.9. The first kappa shape index (κ1) is 21.2. The molecule has 4 heterocycles. The summed E-state index contributed by atoms with van der Waals surface area (Å²) >= 11 is 1.71. The molecule has 3 aromatic rings. The van der Waals surface area contributed by atoms with E-state index in [4.69, 9.17) is 9.98 Å². The van der Waals surface area contributed by atoms with Crippen molar-refractivity contribution in [3.63, 3.8) is 0 Å². The number of hydrogen-bond donors (Lipinski definition) is 0. The third-order valence-corrected chi connectivity index (χ3v) is 7.91. The monoisotopic (exact) mass is 447 g/mol. The molecule has 0 N–H and O–H groups in total. The van der Waals surface area contributed by atoms with Crippen LogP contribution in [-0.2, 0) is 11.2 Å². The van der Waals surface area contributed by atoms with Crippen LogP contribution >= 0.6 is 11.8 Å². The molecule has 32 heavy (non-hydrogen) atoms. The standard InChI is InChI=1S/C25H29N5OS/c1-16-17(2)26-15-29-14-20(28-24(16)29)13-21-11-7-8-12-30(21)25(31)22-23(32-18(3)27-22)19-9-5-4-6-10-19/h4-6,9-10,14-15,21-23H,7-8,11-13H2,1-3H3/t21-,22?,23?/m0/s1. The summed E-state index contributed by atoms with van der Waals surface area (Å²) in [6.45, 7) is 6.88. The van der Waals surface area contributed by atoms with Gasteiger partial charge in [0.25, 0.3) is 0 Å². The molecule has 0 saturated carbocycles. The number of imidazole rings is 1. The third-order valence-electron chi connectivity index (χ3n) is 6.68. The number of hydrogen-bond acceptors (Lipinski definition) is 5. The summed E-state index contributed by atoms with van der Waals surface area (Å²) in [6, 6.07) is 10.1. The molecule has 0 aliphatic carbocycles. The number of nitrogens with zero attached hydrogens (tertiary/aromatic N) is 5. The van der Waals surface area contributed by atoms with E-state index >= 15 is 0 Å². The number of fused-ring (bicyclic) bond motifs is 1. The topological polar surface area (TPSA) is 62.9 Å². The number of rotatable bonds is 4. The van der Waals surface area contributed by atoms with Crippen LogP contribution in [0.4, 0.5) is 0 Å². The summed E-state index contributed by atoms with van der Waals surface area (Å²) in [6.07, 6.45) is 7.86. The van der Waals surface area contributed by atoms with Crippen LogP contribution in [0.2, 0.25) is 0 Å². The molecule has 166 valence electrons. The van der Waals surface area contributed by atoms with Crippen LogP contribution in [0.1, 0.15) is 54.0 Å². The van der Waals surface area contributed by atoms with Gasteiger partial charge in [0.1, 0.15) is 18.0 Å². The summed E-state index contributed by atoms with van der Waals surface area (Å²) in [7, 11) is 0. The average molecular weight is 448 g/mol. The van der Waals surface area contributed by atoms with Crippen LogP contribution in [0.25, 0.3) is 5.65 Å². The Kier molecular flexibility index (Phi) is 5.76. The highest BCUT2D eigenvalue weighted by molar-refractivity contribution is 8.14. The number of aromatic nitrogens is 3. The molecule has 1 amide bonds. The maximum absolute atomic E-state index is 13.8. The lowest BCUT2D eigenvalue weighted by molar-refractivity contribution is -0.136. The molecule has 2 aliphatic heterocycles. The predicted molar refractivity (Wildman–Crippen MR) is 129 cm³/mol. The summed E-state index contributed by atoms with van der Waals surface area (Å²) in [5.74, 6) is 0.158. The molecule has 7 heteroatoms. The minimum absolute atomic E-state index is 0.0539. The molecular formula is C25H29N5OS. The Morgan fingerprint density at radius 2 is 1.97 bits per heavy atom. The van der Waals surface area contributed by atoms with Gasteiger partial charge in [-0.3, -0.25) is 14.2 Å². The lowest BCUT2D eigenvalue weighted by atomic mass is 9.96. The van der Waals surface area contributed by atoms with Gasteiger partial charge < -0.3 is 4.90 Å². The zero-order chi connectivity index (χ0) is 22.2. The van der Waals surface area contributed by atoms with Gasteiger partial charge in [0.15, 0.2) is 0 Å². The normalized spacial score (nSPS) is 23.5. The number of amides is 1. The number of carbonyl (C=O) groups excluding carboxylic acids is 1. The maximum atomic E-state index is 13.8. The van der Waals surface area contributed by atoms with E-state index < -0.39 is 0 Å². The summed E-state index contributed by atoms with van der Waals surface area (Å²) < 4.78 is 2.00. The van der Waals surface area contributed by atoms with Crippen molar-refractivity contribution in [3.05, 3.63) is 65.4 Å². The van der Waals surface area contributed by atoms with Crippen molar-refractivity contribution in [1.29, 1.82) is 0 Å². The molecule has 0 radical (unpaired) electrons. The van der Waals surface area contributed by atoms with E-state index in [0.29, 0.717) is 0 Å². The van der Waals surface area contributed by atoms with Crippen LogP contribution in [-0.4, -0.2) is 48.8 Å². The Morgan fingerprint density at radius 1 is 1.16 bits per heavy atom. The van der Waals surface area contributed by atoms with E-state index in [9.17, 15) is 4.79 Å². The van der Waals surface area contributed by atoms with Gasteiger partial charge in [-0.05, 0) is 45.6 Å². The van der Waals surface area contributed by atoms with Crippen LogP contribution in [0, 0.1) is 13.8 Å². The molecule has 1 fully saturated rings. The largest absolute Gasteiger partial charge is 0.337 e. The zero-order valence-corrected chi connectivity index (χ0v) is 19.7. The van der Waals surface area contributed by atoms with Gasteiger partial charge in [0.2, 0.25) is 5.91 Å². The van der Waals surface area contributed by atoms with Crippen LogP contribution in [0.15, 0.2) is 47.8 Å². The smallest absolute Gasteiger partial charge is 0.249 e. The number of aryl methyl sites for hydroxylation is 2. The number of benzene rings is 1. The molecule has 6 nitrogen and oxygen atoms in total. The Hall–Kier alpha value is -2.67. The second kappa shape index (κ2) is 8.70. The molecule has 3 atom stereocenters. The summed E-state index contributed by atoms with van der Waals surface area (Å²) in [5.41, 5.74) is 5.25. The molecule has 2 unspecified atom stereocenters. The Balaban J connectivity index is 1.39. The van der Waals surface area contributed by atoms with Crippen LogP contribution in [0.5, 0.6) is 0 Å². The van der Waals surface area contributed by atoms with E-state index in [1.54, 1.807) is 11.8 Å². The quantitative estimate of drug-likeness (QED) is 0.589. The van der Waals surface area contributed by atoms with Gasteiger partial charge in [0, 0.05) is 36.5 Å². The lowest BCUT2D eigenvalue weighted by Gasteiger charge is -2.37. The summed E-state index contributed by atoms with van der Waals surface area (Å²) in [5, 5.41) is 1.04.